The van der Waals surface area contributed by atoms with Crippen LogP contribution in [0.5, 0.6) is 5.75 Å². The van der Waals surface area contributed by atoms with Gasteiger partial charge in [-0.25, -0.2) is 5.06 Å². The number of benzene rings is 3. The molecule has 0 bridgehead atoms. The van der Waals surface area contributed by atoms with Crippen LogP contribution in [-0.4, -0.2) is 29.9 Å². The first kappa shape index (κ1) is 20.7. The number of methoxy groups -OCH3 is 1. The molecule has 5 rings (SSSR count). The number of halogens is 1. The zero-order valence-electron chi connectivity index (χ0n) is 17.4. The van der Waals surface area contributed by atoms with Crippen LogP contribution in [0.25, 0.3) is 0 Å². The van der Waals surface area contributed by atoms with E-state index in [1.54, 1.807) is 12.2 Å². The maximum Gasteiger partial charge on any atom is 0.262 e. The van der Waals surface area contributed by atoms with Crippen LogP contribution in [0.1, 0.15) is 17.2 Å². The van der Waals surface area contributed by atoms with E-state index < -0.39 is 18.1 Å². The van der Waals surface area contributed by atoms with Crippen molar-refractivity contribution in [2.75, 3.05) is 12.2 Å². The van der Waals surface area contributed by atoms with Crippen LogP contribution >= 0.6 is 15.9 Å². The van der Waals surface area contributed by atoms with Crippen molar-refractivity contribution >= 4 is 33.4 Å². The zero-order valence-corrected chi connectivity index (χ0v) is 18.9. The van der Waals surface area contributed by atoms with E-state index in [0.29, 0.717) is 5.75 Å². The summed E-state index contributed by atoms with van der Waals surface area (Å²) in [5.41, 5.74) is 2.55. The van der Waals surface area contributed by atoms with E-state index >= 15 is 0 Å². The second-order valence-electron chi connectivity index (χ2n) is 7.80. The highest BCUT2D eigenvalue weighted by atomic mass is 79.9. The first-order valence-electron chi connectivity index (χ1n) is 10.3. The molecular formula is C25H21BrN2O4. The minimum Gasteiger partial charge on any atom is -0.496 e. The molecule has 0 radical (unpaired) electrons. The van der Waals surface area contributed by atoms with Crippen molar-refractivity contribution in [3.05, 3.63) is 94.5 Å². The van der Waals surface area contributed by atoms with E-state index in [-0.39, 0.29) is 18.4 Å². The van der Waals surface area contributed by atoms with E-state index in [0.717, 1.165) is 21.3 Å². The van der Waals surface area contributed by atoms with Gasteiger partial charge in [-0.05, 0) is 51.3 Å². The predicted molar refractivity (Wildman–Crippen MR) is 123 cm³/mol. The second-order valence-corrected chi connectivity index (χ2v) is 8.65. The minimum absolute atomic E-state index is 0.223. The molecule has 6 nitrogen and oxygen atoms in total. The number of hydrogen-bond donors (Lipinski definition) is 0. The fourth-order valence-corrected chi connectivity index (χ4v) is 4.96. The molecule has 2 heterocycles. The van der Waals surface area contributed by atoms with E-state index in [4.69, 9.17) is 9.57 Å². The molecule has 2 fully saturated rings. The van der Waals surface area contributed by atoms with Gasteiger partial charge in [-0.15, -0.1) is 0 Å². The van der Waals surface area contributed by atoms with Crippen molar-refractivity contribution < 1.29 is 19.2 Å². The molecule has 3 aromatic rings. The number of amides is 2. The summed E-state index contributed by atoms with van der Waals surface area (Å²) in [6.07, 6.45) is -0.864. The second kappa shape index (κ2) is 8.41. The smallest absolute Gasteiger partial charge is 0.262 e. The quantitative estimate of drug-likeness (QED) is 0.490. The molecule has 3 aromatic carbocycles. The number of imide groups is 1. The summed E-state index contributed by atoms with van der Waals surface area (Å²) < 4.78 is 6.13. The minimum atomic E-state index is -0.864. The first-order valence-corrected chi connectivity index (χ1v) is 11.1. The third kappa shape index (κ3) is 3.47. The predicted octanol–water partition coefficient (Wildman–Crippen LogP) is 4.50. The summed E-state index contributed by atoms with van der Waals surface area (Å²) in [4.78, 5) is 34.3. The number of hydrogen-bond acceptors (Lipinski definition) is 5. The molecule has 7 heteroatoms. The number of carbonyl (C=O) groups is 2. The third-order valence-corrected chi connectivity index (χ3v) is 6.54. The lowest BCUT2D eigenvalue weighted by molar-refractivity contribution is -0.143. The molecule has 2 saturated heterocycles. The molecule has 0 N–H and O–H groups in total. The Kier molecular flexibility index (Phi) is 5.45. The van der Waals surface area contributed by atoms with Crippen LogP contribution in [0.3, 0.4) is 0 Å². The largest absolute Gasteiger partial charge is 0.496 e. The average molecular weight is 493 g/mol. The number of carbonyl (C=O) groups excluding carboxylic acids is 2. The number of anilines is 1. The van der Waals surface area contributed by atoms with Gasteiger partial charge in [-0.1, -0.05) is 54.6 Å². The molecule has 0 aliphatic carbocycles. The van der Waals surface area contributed by atoms with Crippen molar-refractivity contribution in [1.82, 2.24) is 4.90 Å². The van der Waals surface area contributed by atoms with Crippen LogP contribution in [-0.2, 0) is 21.0 Å². The Morgan fingerprint density at radius 3 is 2.28 bits per heavy atom. The summed E-state index contributed by atoms with van der Waals surface area (Å²) in [7, 11) is 1.60. The van der Waals surface area contributed by atoms with Gasteiger partial charge in [0.2, 0.25) is 5.91 Å². The van der Waals surface area contributed by atoms with E-state index in [1.165, 1.54) is 4.90 Å². The Bertz CT molecular complexity index is 1160. The first-order chi connectivity index (χ1) is 15.6. The summed E-state index contributed by atoms with van der Waals surface area (Å²) >= 11 is 3.54. The Balaban J connectivity index is 1.54. The van der Waals surface area contributed by atoms with Gasteiger partial charge in [0.1, 0.15) is 11.7 Å². The van der Waals surface area contributed by atoms with Gasteiger partial charge < -0.3 is 4.74 Å². The summed E-state index contributed by atoms with van der Waals surface area (Å²) in [6, 6.07) is 24.3. The molecule has 3 atom stereocenters. The molecule has 0 spiro atoms. The molecule has 32 heavy (non-hydrogen) atoms. The highest BCUT2D eigenvalue weighted by molar-refractivity contribution is 9.10. The zero-order chi connectivity index (χ0) is 22.2. The van der Waals surface area contributed by atoms with Crippen LogP contribution < -0.4 is 9.80 Å². The summed E-state index contributed by atoms with van der Waals surface area (Å²) in [5, 5.41) is 1.69. The topological polar surface area (TPSA) is 59.1 Å². The van der Waals surface area contributed by atoms with Gasteiger partial charge in [-0.2, -0.15) is 0 Å². The fourth-order valence-electron chi connectivity index (χ4n) is 4.40. The molecular weight excluding hydrogens is 472 g/mol. The Hall–Kier alpha value is -3.16. The fraction of sp³-hybridized carbons (Fsp3) is 0.200. The van der Waals surface area contributed by atoms with Gasteiger partial charge in [0.25, 0.3) is 5.91 Å². The lowest BCUT2D eigenvalue weighted by atomic mass is 9.90. The Morgan fingerprint density at radius 2 is 1.62 bits per heavy atom. The number of hydroxylamine groups is 1. The number of para-hydroxylation sites is 1. The van der Waals surface area contributed by atoms with Gasteiger partial charge in [0, 0.05) is 0 Å². The van der Waals surface area contributed by atoms with Crippen molar-refractivity contribution in [3.8, 4) is 5.75 Å². The van der Waals surface area contributed by atoms with E-state index in [2.05, 4.69) is 15.9 Å². The van der Waals surface area contributed by atoms with Gasteiger partial charge >= 0.3 is 0 Å². The summed E-state index contributed by atoms with van der Waals surface area (Å²) in [5.74, 6) is -0.485. The summed E-state index contributed by atoms with van der Waals surface area (Å²) in [6.45, 7) is 0.235. The monoisotopic (exact) mass is 492 g/mol. The van der Waals surface area contributed by atoms with Crippen molar-refractivity contribution in [2.24, 2.45) is 5.92 Å². The lowest BCUT2D eigenvalue weighted by Gasteiger charge is -2.29. The van der Waals surface area contributed by atoms with Gasteiger partial charge in [0.05, 0.1) is 29.9 Å². The van der Waals surface area contributed by atoms with E-state index in [9.17, 15) is 9.59 Å². The molecule has 0 saturated carbocycles. The van der Waals surface area contributed by atoms with Gasteiger partial charge in [-0.3, -0.25) is 19.3 Å². The molecule has 0 unspecified atom stereocenters. The van der Waals surface area contributed by atoms with Crippen LogP contribution in [0, 0.1) is 5.92 Å². The molecule has 2 aliphatic heterocycles. The number of rotatable bonds is 5. The molecule has 162 valence electrons. The van der Waals surface area contributed by atoms with Crippen LogP contribution in [0.4, 0.5) is 5.69 Å². The average Bonchev–Trinajstić information content (AvgIpc) is 3.32. The number of nitrogens with zero attached hydrogens (tertiary/aromatic N) is 2. The number of fused-ring (bicyclic) bond motifs is 1. The van der Waals surface area contributed by atoms with Gasteiger partial charge in [0.15, 0.2) is 6.10 Å². The van der Waals surface area contributed by atoms with Crippen molar-refractivity contribution in [3.63, 3.8) is 0 Å². The Labute approximate surface area is 194 Å². The molecule has 0 aromatic heterocycles. The molecule has 2 aliphatic rings. The number of likely N-dealkylation sites (tertiary alicyclic amines) is 1. The standard InChI is InChI=1S/C25H21BrN2O4/c1-31-20-13-12-17(14-19(20)26)22-21-23(32-28(22)18-10-6-3-7-11-18)25(30)27(24(21)29)15-16-8-4-2-5-9-16/h2-14,21-23H,15H2,1H3/t21-,22-,23+/m1/s1. The highest BCUT2D eigenvalue weighted by Gasteiger charge is 2.59. The van der Waals surface area contributed by atoms with Crippen molar-refractivity contribution in [2.45, 2.75) is 18.7 Å². The third-order valence-electron chi connectivity index (χ3n) is 5.92. The van der Waals surface area contributed by atoms with Crippen molar-refractivity contribution in [1.29, 1.82) is 0 Å². The maximum absolute atomic E-state index is 13.5. The number of ether oxygens (including phenoxy) is 1. The normalized spacial score (nSPS) is 22.4. The SMILES string of the molecule is COc1ccc([C@@H]2[C@H]3C(=O)N(Cc4ccccc4)C(=O)[C@H]3ON2c2ccccc2)cc1Br. The van der Waals surface area contributed by atoms with Crippen LogP contribution in [0.2, 0.25) is 0 Å². The Morgan fingerprint density at radius 1 is 0.938 bits per heavy atom. The lowest BCUT2D eigenvalue weighted by Crippen LogP contribution is -2.36. The van der Waals surface area contributed by atoms with E-state index in [1.807, 2.05) is 78.9 Å². The highest BCUT2D eigenvalue weighted by Crippen LogP contribution is 2.47. The maximum atomic E-state index is 13.5. The van der Waals surface area contributed by atoms with Crippen LogP contribution in [0.15, 0.2) is 83.3 Å². The molecule has 2 amide bonds.